The van der Waals surface area contributed by atoms with Gasteiger partial charge in [0.15, 0.2) is 6.61 Å². The first-order valence-electron chi connectivity index (χ1n) is 4.86. The molecule has 0 saturated carbocycles. The summed E-state index contributed by atoms with van der Waals surface area (Å²) in [5.74, 6) is -0.533. The number of ether oxygens (including phenoxy) is 1. The van der Waals surface area contributed by atoms with E-state index in [0.717, 1.165) is 6.07 Å². The summed E-state index contributed by atoms with van der Waals surface area (Å²) >= 11 is 5.50. The second-order valence-corrected chi connectivity index (χ2v) is 3.99. The Labute approximate surface area is 98.5 Å². The van der Waals surface area contributed by atoms with Crippen molar-refractivity contribution in [2.75, 3.05) is 6.61 Å². The normalized spacial score (nSPS) is 10.3. The van der Waals surface area contributed by atoms with Gasteiger partial charge in [0.25, 0.3) is 5.91 Å². The van der Waals surface area contributed by atoms with Crippen molar-refractivity contribution < 1.29 is 13.9 Å². The average molecular weight is 246 g/mol. The zero-order chi connectivity index (χ0) is 12.1. The lowest BCUT2D eigenvalue weighted by molar-refractivity contribution is -0.123. The van der Waals surface area contributed by atoms with Crippen LogP contribution >= 0.6 is 11.6 Å². The molecule has 0 aliphatic carbocycles. The molecule has 0 bridgehead atoms. The van der Waals surface area contributed by atoms with Gasteiger partial charge in [-0.25, -0.2) is 4.39 Å². The smallest absolute Gasteiger partial charge is 0.258 e. The Bertz CT molecular complexity index is 382. The van der Waals surface area contributed by atoms with E-state index in [4.69, 9.17) is 16.3 Å². The molecule has 16 heavy (non-hydrogen) atoms. The number of carbonyl (C=O) groups excluding carboxylic acids is 1. The van der Waals surface area contributed by atoms with Crippen LogP contribution in [0.3, 0.4) is 0 Å². The van der Waals surface area contributed by atoms with E-state index < -0.39 is 5.82 Å². The van der Waals surface area contributed by atoms with Crippen molar-refractivity contribution in [3.63, 3.8) is 0 Å². The highest BCUT2D eigenvalue weighted by Gasteiger charge is 2.06. The van der Waals surface area contributed by atoms with Crippen LogP contribution in [0.4, 0.5) is 4.39 Å². The minimum Gasteiger partial charge on any atom is -0.484 e. The summed E-state index contributed by atoms with van der Waals surface area (Å²) in [5, 5.41) is 2.68. The molecule has 0 saturated heterocycles. The number of nitrogens with one attached hydrogen (secondary N) is 1. The maximum absolute atomic E-state index is 13.0. The number of rotatable bonds is 4. The summed E-state index contributed by atoms with van der Waals surface area (Å²) in [5.41, 5.74) is 0. The predicted octanol–water partition coefficient (Wildman–Crippen LogP) is 2.38. The molecule has 5 heteroatoms. The average Bonchev–Trinajstić information content (AvgIpc) is 2.19. The largest absolute Gasteiger partial charge is 0.484 e. The summed E-state index contributed by atoms with van der Waals surface area (Å²) in [4.78, 5) is 11.2. The van der Waals surface area contributed by atoms with Gasteiger partial charge < -0.3 is 10.1 Å². The van der Waals surface area contributed by atoms with E-state index in [1.165, 1.54) is 12.1 Å². The molecule has 0 unspecified atom stereocenters. The Kier molecular flexibility index (Phi) is 4.55. The van der Waals surface area contributed by atoms with Gasteiger partial charge in [0, 0.05) is 12.1 Å². The number of halogens is 2. The molecule has 1 aromatic carbocycles. The topological polar surface area (TPSA) is 38.3 Å². The second kappa shape index (κ2) is 5.70. The minimum absolute atomic E-state index is 0.0268. The fraction of sp³-hybridized carbons (Fsp3) is 0.364. The lowest BCUT2D eigenvalue weighted by atomic mass is 10.3. The minimum atomic E-state index is -0.566. The molecule has 1 aromatic rings. The Morgan fingerprint density at radius 3 is 2.81 bits per heavy atom. The van der Waals surface area contributed by atoms with E-state index in [2.05, 4.69) is 5.32 Å². The van der Waals surface area contributed by atoms with Crippen molar-refractivity contribution in [1.82, 2.24) is 5.32 Å². The quantitative estimate of drug-likeness (QED) is 0.885. The van der Waals surface area contributed by atoms with Crippen LogP contribution in [0, 0.1) is 5.82 Å². The van der Waals surface area contributed by atoms with Gasteiger partial charge in [-0.3, -0.25) is 4.79 Å². The molecule has 88 valence electrons. The Morgan fingerprint density at radius 1 is 1.56 bits per heavy atom. The van der Waals surface area contributed by atoms with Crippen LogP contribution in [0.5, 0.6) is 5.75 Å². The van der Waals surface area contributed by atoms with E-state index in [9.17, 15) is 9.18 Å². The maximum atomic E-state index is 13.0. The molecular weight excluding hydrogens is 233 g/mol. The van der Waals surface area contributed by atoms with Crippen LogP contribution in [-0.4, -0.2) is 18.6 Å². The third kappa shape index (κ3) is 4.06. The summed E-state index contributed by atoms with van der Waals surface area (Å²) in [6, 6.07) is 4.09. The highest BCUT2D eigenvalue weighted by atomic mass is 35.5. The summed E-state index contributed by atoms with van der Waals surface area (Å²) in [6.45, 7) is 3.55. The molecule has 1 rings (SSSR count). The Balaban J connectivity index is 2.48. The molecule has 0 heterocycles. The maximum Gasteiger partial charge on any atom is 0.258 e. The summed E-state index contributed by atoms with van der Waals surface area (Å²) in [7, 11) is 0. The van der Waals surface area contributed by atoms with Gasteiger partial charge in [0.05, 0.1) is 5.02 Å². The highest BCUT2D eigenvalue weighted by Crippen LogP contribution is 2.20. The third-order valence-corrected chi connectivity index (χ3v) is 2.02. The molecule has 1 N–H and O–H groups in total. The van der Waals surface area contributed by atoms with Gasteiger partial charge in [0.1, 0.15) is 11.6 Å². The molecule has 0 atom stereocenters. The van der Waals surface area contributed by atoms with Gasteiger partial charge >= 0.3 is 0 Å². The van der Waals surface area contributed by atoms with Crippen LogP contribution in [0.2, 0.25) is 5.02 Å². The molecular formula is C11H13ClFNO2. The molecule has 0 aliphatic heterocycles. The first-order valence-corrected chi connectivity index (χ1v) is 5.24. The third-order valence-electron chi connectivity index (χ3n) is 1.71. The zero-order valence-electron chi connectivity index (χ0n) is 9.09. The van der Waals surface area contributed by atoms with Crippen LogP contribution < -0.4 is 10.1 Å². The Morgan fingerprint density at radius 2 is 2.25 bits per heavy atom. The second-order valence-electron chi connectivity index (χ2n) is 3.59. The van der Waals surface area contributed by atoms with Crippen molar-refractivity contribution in [3.05, 3.63) is 29.0 Å². The predicted molar refractivity (Wildman–Crippen MR) is 60.2 cm³/mol. The molecule has 0 fully saturated rings. The monoisotopic (exact) mass is 245 g/mol. The van der Waals surface area contributed by atoms with E-state index in [1.54, 1.807) is 0 Å². The van der Waals surface area contributed by atoms with E-state index in [0.29, 0.717) is 0 Å². The molecule has 0 radical (unpaired) electrons. The van der Waals surface area contributed by atoms with Crippen LogP contribution in [-0.2, 0) is 4.79 Å². The molecule has 3 nitrogen and oxygen atoms in total. The highest BCUT2D eigenvalue weighted by molar-refractivity contribution is 6.30. The fourth-order valence-electron chi connectivity index (χ4n) is 1.08. The van der Waals surface area contributed by atoms with Crippen molar-refractivity contribution in [3.8, 4) is 5.75 Å². The van der Waals surface area contributed by atoms with Gasteiger partial charge in [-0.1, -0.05) is 11.6 Å². The number of hydrogen-bond donors (Lipinski definition) is 1. The number of carbonyl (C=O) groups is 1. The van der Waals surface area contributed by atoms with Crippen molar-refractivity contribution in [2.45, 2.75) is 19.9 Å². The molecule has 1 amide bonds. The van der Waals surface area contributed by atoms with E-state index >= 15 is 0 Å². The SMILES string of the molecule is CC(C)NC(=O)COc1ccc(Cl)c(F)c1. The molecule has 0 aliphatic rings. The van der Waals surface area contributed by atoms with Gasteiger partial charge in [-0.15, -0.1) is 0 Å². The van der Waals surface area contributed by atoms with Gasteiger partial charge in [-0.05, 0) is 26.0 Å². The summed E-state index contributed by atoms with van der Waals surface area (Å²) in [6.07, 6.45) is 0. The van der Waals surface area contributed by atoms with Crippen molar-refractivity contribution >= 4 is 17.5 Å². The van der Waals surface area contributed by atoms with E-state index in [1.807, 2.05) is 13.8 Å². The van der Waals surface area contributed by atoms with Crippen LogP contribution in [0.25, 0.3) is 0 Å². The van der Waals surface area contributed by atoms with Crippen molar-refractivity contribution in [1.29, 1.82) is 0 Å². The van der Waals surface area contributed by atoms with Gasteiger partial charge in [-0.2, -0.15) is 0 Å². The number of hydrogen-bond acceptors (Lipinski definition) is 2. The lowest BCUT2D eigenvalue weighted by Crippen LogP contribution is -2.34. The van der Waals surface area contributed by atoms with Gasteiger partial charge in [0.2, 0.25) is 0 Å². The number of benzene rings is 1. The molecule has 0 spiro atoms. The molecule has 0 aromatic heterocycles. The van der Waals surface area contributed by atoms with Crippen molar-refractivity contribution in [2.24, 2.45) is 0 Å². The summed E-state index contributed by atoms with van der Waals surface area (Å²) < 4.78 is 18.1. The van der Waals surface area contributed by atoms with Crippen LogP contribution in [0.1, 0.15) is 13.8 Å². The zero-order valence-corrected chi connectivity index (χ0v) is 9.84. The van der Waals surface area contributed by atoms with E-state index in [-0.39, 0.29) is 29.3 Å². The fourth-order valence-corrected chi connectivity index (χ4v) is 1.20. The standard InChI is InChI=1S/C11H13ClFNO2/c1-7(2)14-11(15)6-16-8-3-4-9(12)10(13)5-8/h3-5,7H,6H2,1-2H3,(H,14,15). The van der Waals surface area contributed by atoms with Crippen LogP contribution in [0.15, 0.2) is 18.2 Å². The first kappa shape index (κ1) is 12.8. The lowest BCUT2D eigenvalue weighted by Gasteiger charge is -2.09. The Hall–Kier alpha value is -1.29. The first-order chi connectivity index (χ1) is 7.49. The number of amides is 1.